The quantitative estimate of drug-likeness (QED) is 0.861. The molecule has 1 unspecified atom stereocenters. The van der Waals surface area contributed by atoms with E-state index in [0.717, 1.165) is 31.0 Å². The van der Waals surface area contributed by atoms with Crippen molar-refractivity contribution in [3.63, 3.8) is 0 Å². The van der Waals surface area contributed by atoms with Gasteiger partial charge in [0.2, 0.25) is 0 Å². The van der Waals surface area contributed by atoms with Crippen molar-refractivity contribution in [3.8, 4) is 5.75 Å². The largest absolute Gasteiger partial charge is 0.496 e. The number of methoxy groups -OCH3 is 1. The van der Waals surface area contributed by atoms with Crippen LogP contribution >= 0.6 is 0 Å². The Balaban J connectivity index is 1.83. The van der Waals surface area contributed by atoms with Gasteiger partial charge >= 0.3 is 0 Å². The molecule has 0 aromatic heterocycles. The summed E-state index contributed by atoms with van der Waals surface area (Å²) < 4.78 is 16.6. The van der Waals surface area contributed by atoms with Gasteiger partial charge in [0.05, 0.1) is 33.0 Å². The molecule has 0 aliphatic carbocycles. The lowest BCUT2D eigenvalue weighted by molar-refractivity contribution is -0.0360. The monoisotopic (exact) mass is 251 g/mol. The van der Waals surface area contributed by atoms with Gasteiger partial charge in [0, 0.05) is 18.7 Å². The molecule has 1 aliphatic heterocycles. The lowest BCUT2D eigenvalue weighted by atomic mass is 10.1. The van der Waals surface area contributed by atoms with Crippen molar-refractivity contribution in [2.45, 2.75) is 19.6 Å². The molecule has 1 atom stereocenters. The van der Waals surface area contributed by atoms with Gasteiger partial charge in [-0.25, -0.2) is 0 Å². The first kappa shape index (κ1) is 13.3. The molecule has 0 spiro atoms. The van der Waals surface area contributed by atoms with Crippen molar-refractivity contribution in [2.75, 3.05) is 33.4 Å². The molecule has 0 bridgehead atoms. The summed E-state index contributed by atoms with van der Waals surface area (Å²) in [4.78, 5) is 0. The molecule has 0 amide bonds. The first-order valence-corrected chi connectivity index (χ1v) is 6.33. The number of nitrogens with one attached hydrogen (secondary N) is 1. The Labute approximate surface area is 108 Å². The highest BCUT2D eigenvalue weighted by Crippen LogP contribution is 2.20. The van der Waals surface area contributed by atoms with Gasteiger partial charge in [0.1, 0.15) is 5.75 Å². The van der Waals surface area contributed by atoms with Gasteiger partial charge in [0.25, 0.3) is 0 Å². The van der Waals surface area contributed by atoms with E-state index in [4.69, 9.17) is 14.2 Å². The van der Waals surface area contributed by atoms with Crippen LogP contribution in [0.2, 0.25) is 0 Å². The minimum atomic E-state index is 0.162. The highest BCUT2D eigenvalue weighted by Gasteiger charge is 2.13. The number of aryl methyl sites for hydroxylation is 1. The van der Waals surface area contributed by atoms with E-state index in [1.165, 1.54) is 5.56 Å². The van der Waals surface area contributed by atoms with Crippen LogP contribution in [0.15, 0.2) is 18.2 Å². The predicted molar refractivity (Wildman–Crippen MR) is 70.0 cm³/mol. The number of hydrogen-bond donors (Lipinski definition) is 1. The van der Waals surface area contributed by atoms with Crippen LogP contribution < -0.4 is 10.1 Å². The van der Waals surface area contributed by atoms with Crippen LogP contribution in [0.1, 0.15) is 11.1 Å². The summed E-state index contributed by atoms with van der Waals surface area (Å²) in [5.41, 5.74) is 2.30. The second-order valence-electron chi connectivity index (χ2n) is 4.53. The molecule has 1 fully saturated rings. The van der Waals surface area contributed by atoms with Crippen molar-refractivity contribution < 1.29 is 14.2 Å². The van der Waals surface area contributed by atoms with E-state index < -0.39 is 0 Å². The van der Waals surface area contributed by atoms with Crippen molar-refractivity contribution in [1.82, 2.24) is 5.32 Å². The average molecular weight is 251 g/mol. The zero-order valence-electron chi connectivity index (χ0n) is 11.1. The molecular formula is C14H21NO3. The summed E-state index contributed by atoms with van der Waals surface area (Å²) in [5.74, 6) is 0.878. The Morgan fingerprint density at radius 3 is 3.06 bits per heavy atom. The molecule has 1 N–H and O–H groups in total. The molecule has 1 aromatic rings. The maximum atomic E-state index is 5.71. The number of ether oxygens (including phenoxy) is 3. The van der Waals surface area contributed by atoms with E-state index in [2.05, 4.69) is 18.3 Å². The second-order valence-corrected chi connectivity index (χ2v) is 4.53. The number of benzene rings is 1. The van der Waals surface area contributed by atoms with Gasteiger partial charge in [-0.2, -0.15) is 0 Å². The van der Waals surface area contributed by atoms with Crippen molar-refractivity contribution in [1.29, 1.82) is 0 Å². The zero-order valence-corrected chi connectivity index (χ0v) is 11.1. The van der Waals surface area contributed by atoms with E-state index in [1.807, 2.05) is 12.1 Å². The fourth-order valence-corrected chi connectivity index (χ4v) is 2.05. The molecule has 4 nitrogen and oxygen atoms in total. The third-order valence-electron chi connectivity index (χ3n) is 3.00. The Morgan fingerprint density at radius 1 is 1.44 bits per heavy atom. The Morgan fingerprint density at radius 2 is 2.33 bits per heavy atom. The van der Waals surface area contributed by atoms with Crippen LogP contribution in [0.4, 0.5) is 0 Å². The lowest BCUT2D eigenvalue weighted by Crippen LogP contribution is -2.40. The van der Waals surface area contributed by atoms with Crippen LogP contribution in [-0.2, 0) is 16.1 Å². The van der Waals surface area contributed by atoms with Gasteiger partial charge in [-0.15, -0.1) is 0 Å². The first-order chi connectivity index (χ1) is 8.79. The normalized spacial score (nSPS) is 19.8. The maximum Gasteiger partial charge on any atom is 0.124 e. The Kier molecular flexibility index (Phi) is 4.99. The fraction of sp³-hybridized carbons (Fsp3) is 0.571. The summed E-state index contributed by atoms with van der Waals surface area (Å²) in [7, 11) is 1.68. The topological polar surface area (TPSA) is 39.7 Å². The van der Waals surface area contributed by atoms with Gasteiger partial charge < -0.3 is 19.5 Å². The molecule has 2 rings (SSSR count). The fourth-order valence-electron chi connectivity index (χ4n) is 2.05. The molecule has 4 heteroatoms. The number of hydrogen-bond acceptors (Lipinski definition) is 4. The van der Waals surface area contributed by atoms with Crippen molar-refractivity contribution in [2.24, 2.45) is 0 Å². The van der Waals surface area contributed by atoms with Crippen LogP contribution in [0.25, 0.3) is 0 Å². The van der Waals surface area contributed by atoms with Crippen molar-refractivity contribution in [3.05, 3.63) is 29.3 Å². The standard InChI is InChI=1S/C14H21NO3/c1-11-3-4-14(16-2)12(7-11)9-17-10-13-8-15-5-6-18-13/h3-4,7,13,15H,5-6,8-10H2,1-2H3. The Bertz CT molecular complexity index is 375. The lowest BCUT2D eigenvalue weighted by Gasteiger charge is -2.23. The molecular weight excluding hydrogens is 230 g/mol. The summed E-state index contributed by atoms with van der Waals surface area (Å²) >= 11 is 0. The molecule has 18 heavy (non-hydrogen) atoms. The van der Waals surface area contributed by atoms with E-state index >= 15 is 0 Å². The molecule has 1 saturated heterocycles. The smallest absolute Gasteiger partial charge is 0.124 e. The van der Waals surface area contributed by atoms with Gasteiger partial charge in [-0.1, -0.05) is 17.7 Å². The van der Waals surface area contributed by atoms with Gasteiger partial charge in [0.15, 0.2) is 0 Å². The van der Waals surface area contributed by atoms with E-state index in [-0.39, 0.29) is 6.10 Å². The highest BCUT2D eigenvalue weighted by molar-refractivity contribution is 5.36. The van der Waals surface area contributed by atoms with E-state index in [9.17, 15) is 0 Å². The summed E-state index contributed by atoms with van der Waals surface area (Å²) in [6, 6.07) is 6.11. The third-order valence-corrected chi connectivity index (χ3v) is 3.00. The van der Waals surface area contributed by atoms with E-state index in [1.54, 1.807) is 7.11 Å². The predicted octanol–water partition coefficient (Wildman–Crippen LogP) is 1.51. The van der Waals surface area contributed by atoms with Crippen LogP contribution in [0.3, 0.4) is 0 Å². The SMILES string of the molecule is COc1ccc(C)cc1COCC1CNCCO1. The molecule has 1 aliphatic rings. The summed E-state index contributed by atoms with van der Waals surface area (Å²) in [6.45, 7) is 5.81. The van der Waals surface area contributed by atoms with Gasteiger partial charge in [-0.05, 0) is 13.0 Å². The van der Waals surface area contributed by atoms with Crippen LogP contribution in [0.5, 0.6) is 5.75 Å². The maximum absolute atomic E-state index is 5.71. The van der Waals surface area contributed by atoms with Gasteiger partial charge in [-0.3, -0.25) is 0 Å². The first-order valence-electron chi connectivity index (χ1n) is 6.33. The average Bonchev–Trinajstić information content (AvgIpc) is 2.40. The van der Waals surface area contributed by atoms with Crippen LogP contribution in [0, 0.1) is 6.92 Å². The molecule has 100 valence electrons. The minimum Gasteiger partial charge on any atom is -0.496 e. The molecule has 0 saturated carbocycles. The number of morpholine rings is 1. The second kappa shape index (κ2) is 6.73. The number of rotatable bonds is 5. The summed E-state index contributed by atoms with van der Waals surface area (Å²) in [5, 5.41) is 3.29. The summed E-state index contributed by atoms with van der Waals surface area (Å²) in [6.07, 6.45) is 0.162. The minimum absolute atomic E-state index is 0.162. The van der Waals surface area contributed by atoms with Crippen molar-refractivity contribution >= 4 is 0 Å². The molecule has 1 heterocycles. The third kappa shape index (κ3) is 3.70. The Hall–Kier alpha value is -1.10. The zero-order chi connectivity index (χ0) is 12.8. The van der Waals surface area contributed by atoms with E-state index in [0.29, 0.717) is 13.2 Å². The molecule has 1 aromatic carbocycles. The molecule has 0 radical (unpaired) electrons. The van der Waals surface area contributed by atoms with Crippen LogP contribution in [-0.4, -0.2) is 39.5 Å². The highest BCUT2D eigenvalue weighted by atomic mass is 16.5.